The minimum absolute atomic E-state index is 0.423. The van der Waals surface area contributed by atoms with Crippen molar-refractivity contribution in [2.75, 3.05) is 6.54 Å². The van der Waals surface area contributed by atoms with Crippen LogP contribution in [-0.4, -0.2) is 16.7 Å². The van der Waals surface area contributed by atoms with E-state index in [-0.39, 0.29) is 0 Å². The van der Waals surface area contributed by atoms with Crippen LogP contribution in [0.25, 0.3) is 0 Å². The zero-order chi connectivity index (χ0) is 15.0. The summed E-state index contributed by atoms with van der Waals surface area (Å²) in [5, 5.41) is 1.15. The summed E-state index contributed by atoms with van der Waals surface area (Å²) in [4.78, 5) is 3.40. The van der Waals surface area contributed by atoms with Gasteiger partial charge in [0, 0.05) is 10.2 Å². The highest BCUT2D eigenvalue weighted by atomic mass is 35.5. The number of nitrogens with zero attached hydrogens (tertiary/aromatic N) is 1. The molecule has 0 spiro atoms. The Morgan fingerprint density at radius 3 is 2.95 bits per heavy atom. The molecular formula is C16H19ClN2OS. The summed E-state index contributed by atoms with van der Waals surface area (Å²) in [6.07, 6.45) is 5.75. The molecule has 0 aliphatic carbocycles. The van der Waals surface area contributed by atoms with Crippen LogP contribution in [0.1, 0.15) is 19.6 Å². The second kappa shape index (κ2) is 5.95. The maximum absolute atomic E-state index is 6.43. The average molecular weight is 323 g/mol. The van der Waals surface area contributed by atoms with E-state index in [0.717, 1.165) is 10.9 Å². The van der Waals surface area contributed by atoms with Crippen LogP contribution in [0.5, 0.6) is 0 Å². The number of furan rings is 1. The molecule has 0 saturated heterocycles. The third-order valence-corrected chi connectivity index (χ3v) is 5.96. The van der Waals surface area contributed by atoms with Crippen LogP contribution in [0.4, 0.5) is 0 Å². The fourth-order valence-electron chi connectivity index (χ4n) is 2.79. The minimum Gasteiger partial charge on any atom is -0.467 e. The molecule has 2 unspecified atom stereocenters. The molecule has 0 fully saturated rings. The fraction of sp³-hybridized carbons (Fsp3) is 0.375. The number of hydrogen-bond acceptors (Lipinski definition) is 4. The lowest BCUT2D eigenvalue weighted by Crippen LogP contribution is -2.24. The monoisotopic (exact) mass is 322 g/mol. The van der Waals surface area contributed by atoms with Crippen LogP contribution >= 0.6 is 23.4 Å². The number of hydrogen-bond donors (Lipinski definition) is 1. The van der Waals surface area contributed by atoms with Gasteiger partial charge in [-0.2, -0.15) is 0 Å². The van der Waals surface area contributed by atoms with Gasteiger partial charge in [-0.05, 0) is 49.2 Å². The SMILES string of the molecule is CC1=C2C(=CC=C(Cl)N2Cc2ccco2)SC1C(C)CN. The van der Waals surface area contributed by atoms with E-state index in [0.29, 0.717) is 24.3 Å². The molecule has 0 amide bonds. The molecule has 2 N–H and O–H groups in total. The summed E-state index contributed by atoms with van der Waals surface area (Å²) in [5.41, 5.74) is 8.42. The molecule has 2 aliphatic rings. The molecule has 0 saturated carbocycles. The van der Waals surface area contributed by atoms with Gasteiger partial charge in [0.15, 0.2) is 0 Å². The minimum atomic E-state index is 0.423. The quantitative estimate of drug-likeness (QED) is 0.849. The van der Waals surface area contributed by atoms with E-state index in [1.54, 1.807) is 6.26 Å². The molecule has 3 rings (SSSR count). The fourth-order valence-corrected chi connectivity index (χ4v) is 4.44. The number of halogens is 1. The van der Waals surface area contributed by atoms with Crippen molar-refractivity contribution in [3.63, 3.8) is 0 Å². The van der Waals surface area contributed by atoms with Gasteiger partial charge >= 0.3 is 0 Å². The Bertz CT molecular complexity index is 618. The number of rotatable bonds is 4. The molecule has 3 nitrogen and oxygen atoms in total. The van der Waals surface area contributed by atoms with Gasteiger partial charge in [0.25, 0.3) is 0 Å². The number of fused-ring (bicyclic) bond motifs is 1. The van der Waals surface area contributed by atoms with Gasteiger partial charge in [-0.1, -0.05) is 18.5 Å². The summed E-state index contributed by atoms with van der Waals surface area (Å²) in [7, 11) is 0. The summed E-state index contributed by atoms with van der Waals surface area (Å²) in [6, 6.07) is 3.87. The lowest BCUT2D eigenvalue weighted by atomic mass is 9.99. The average Bonchev–Trinajstić information content (AvgIpc) is 3.09. The molecule has 0 bridgehead atoms. The van der Waals surface area contributed by atoms with Crippen LogP contribution in [0.2, 0.25) is 0 Å². The van der Waals surface area contributed by atoms with E-state index in [1.807, 2.05) is 30.0 Å². The first kappa shape index (κ1) is 14.8. The molecule has 2 atom stereocenters. The maximum atomic E-state index is 6.43. The molecule has 2 aliphatic heterocycles. The lowest BCUT2D eigenvalue weighted by molar-refractivity contribution is 0.382. The van der Waals surface area contributed by atoms with E-state index < -0.39 is 0 Å². The molecule has 3 heterocycles. The zero-order valence-electron chi connectivity index (χ0n) is 12.2. The summed E-state index contributed by atoms with van der Waals surface area (Å²) in [6.45, 7) is 5.72. The maximum Gasteiger partial charge on any atom is 0.123 e. The van der Waals surface area contributed by atoms with Crippen molar-refractivity contribution >= 4 is 23.4 Å². The van der Waals surface area contributed by atoms with Crippen molar-refractivity contribution in [2.45, 2.75) is 25.6 Å². The Balaban J connectivity index is 1.94. The molecule has 112 valence electrons. The van der Waals surface area contributed by atoms with Gasteiger partial charge in [0.2, 0.25) is 0 Å². The van der Waals surface area contributed by atoms with Crippen molar-refractivity contribution < 1.29 is 4.42 Å². The topological polar surface area (TPSA) is 42.4 Å². The van der Waals surface area contributed by atoms with Gasteiger partial charge in [-0.3, -0.25) is 0 Å². The highest BCUT2D eigenvalue weighted by Gasteiger charge is 2.35. The Kier molecular flexibility index (Phi) is 4.20. The van der Waals surface area contributed by atoms with E-state index in [4.69, 9.17) is 21.8 Å². The van der Waals surface area contributed by atoms with Crippen LogP contribution in [-0.2, 0) is 6.54 Å². The Morgan fingerprint density at radius 1 is 1.48 bits per heavy atom. The van der Waals surface area contributed by atoms with Crippen molar-refractivity contribution in [3.05, 3.63) is 57.6 Å². The number of nitrogens with two attached hydrogens (primary N) is 1. The molecule has 0 aromatic carbocycles. The standard InChI is InChI=1S/C16H19ClN2OS/c1-10(8-18)16-11(2)15-13(21-16)5-6-14(17)19(15)9-12-4-3-7-20-12/h3-7,10,16H,8-9,18H2,1-2H3. The third kappa shape index (κ3) is 2.68. The van der Waals surface area contributed by atoms with Gasteiger partial charge < -0.3 is 15.1 Å². The predicted octanol–water partition coefficient (Wildman–Crippen LogP) is 4.04. The van der Waals surface area contributed by atoms with Crippen LogP contribution in [0.3, 0.4) is 0 Å². The number of thioether (sulfide) groups is 1. The highest BCUT2D eigenvalue weighted by molar-refractivity contribution is 8.04. The first-order valence-corrected chi connectivity index (χ1v) is 8.33. The van der Waals surface area contributed by atoms with Crippen molar-refractivity contribution in [3.8, 4) is 0 Å². The van der Waals surface area contributed by atoms with Crippen molar-refractivity contribution in [2.24, 2.45) is 11.7 Å². The van der Waals surface area contributed by atoms with Crippen molar-refractivity contribution in [1.29, 1.82) is 0 Å². The van der Waals surface area contributed by atoms with Gasteiger partial charge in [0.05, 0.1) is 18.5 Å². The second-order valence-corrected chi connectivity index (χ2v) is 7.04. The van der Waals surface area contributed by atoms with E-state index in [2.05, 4.69) is 24.8 Å². The van der Waals surface area contributed by atoms with Crippen LogP contribution < -0.4 is 5.73 Å². The Labute approximate surface area is 134 Å². The van der Waals surface area contributed by atoms with Gasteiger partial charge in [-0.25, -0.2) is 0 Å². The van der Waals surface area contributed by atoms with Crippen molar-refractivity contribution in [1.82, 2.24) is 4.90 Å². The van der Waals surface area contributed by atoms with Crippen LogP contribution in [0.15, 0.2) is 56.3 Å². The first-order chi connectivity index (χ1) is 10.1. The molecule has 1 aromatic rings. The highest BCUT2D eigenvalue weighted by Crippen LogP contribution is 2.49. The smallest absolute Gasteiger partial charge is 0.123 e. The number of allylic oxidation sites excluding steroid dienone is 2. The van der Waals surface area contributed by atoms with Crippen LogP contribution in [0, 0.1) is 5.92 Å². The lowest BCUT2D eigenvalue weighted by Gasteiger charge is -2.28. The largest absolute Gasteiger partial charge is 0.467 e. The van der Waals surface area contributed by atoms with Gasteiger partial charge in [-0.15, -0.1) is 11.8 Å². The second-order valence-electron chi connectivity index (χ2n) is 5.47. The van der Waals surface area contributed by atoms with E-state index in [9.17, 15) is 0 Å². The normalized spacial score (nSPS) is 23.0. The third-order valence-electron chi connectivity index (χ3n) is 3.97. The van der Waals surface area contributed by atoms with E-state index >= 15 is 0 Å². The molecule has 1 aromatic heterocycles. The predicted molar refractivity (Wildman–Crippen MR) is 88.6 cm³/mol. The zero-order valence-corrected chi connectivity index (χ0v) is 13.7. The summed E-state index contributed by atoms with van der Waals surface area (Å²) < 4.78 is 5.47. The molecule has 0 radical (unpaired) electrons. The summed E-state index contributed by atoms with van der Waals surface area (Å²) >= 11 is 8.31. The molecular weight excluding hydrogens is 304 g/mol. The Morgan fingerprint density at radius 2 is 2.29 bits per heavy atom. The Hall–Kier alpha value is -1.10. The summed E-state index contributed by atoms with van der Waals surface area (Å²) in [5.74, 6) is 1.35. The van der Waals surface area contributed by atoms with E-state index in [1.165, 1.54) is 16.2 Å². The first-order valence-electron chi connectivity index (χ1n) is 7.07. The molecule has 21 heavy (non-hydrogen) atoms. The van der Waals surface area contributed by atoms with Gasteiger partial charge in [0.1, 0.15) is 10.9 Å². The molecule has 5 heteroatoms.